The zero-order valence-corrected chi connectivity index (χ0v) is 10.0. The smallest absolute Gasteiger partial charge is 0.0346 e. The Morgan fingerprint density at radius 3 is 2.31 bits per heavy atom. The summed E-state index contributed by atoms with van der Waals surface area (Å²) in [6, 6.07) is 11.7. The Balaban J connectivity index is 2.05. The Morgan fingerprint density at radius 1 is 1.12 bits per heavy atom. The van der Waals surface area contributed by atoms with Crippen LogP contribution in [0, 0.1) is 5.92 Å². The monoisotopic (exact) mass is 218 g/mol. The van der Waals surface area contributed by atoms with Gasteiger partial charge in [0.15, 0.2) is 0 Å². The van der Waals surface area contributed by atoms with Crippen molar-refractivity contribution in [2.24, 2.45) is 11.7 Å². The number of hydrogen-bond donors (Lipinski definition) is 2. The molecule has 2 nitrogen and oxygen atoms in total. The zero-order valence-electron chi connectivity index (χ0n) is 10.0. The van der Waals surface area contributed by atoms with Crippen LogP contribution in [0.15, 0.2) is 30.3 Å². The molecule has 1 aromatic carbocycles. The van der Waals surface area contributed by atoms with Crippen LogP contribution in [0.25, 0.3) is 0 Å². The molecule has 16 heavy (non-hydrogen) atoms. The predicted octanol–water partition coefficient (Wildman–Crippen LogP) is 2.46. The quantitative estimate of drug-likeness (QED) is 0.818. The van der Waals surface area contributed by atoms with Gasteiger partial charge in [-0.05, 0) is 44.2 Å². The SMILES string of the molecule is CNC(c1ccccc1)C1CCC(N)CC1. The summed E-state index contributed by atoms with van der Waals surface area (Å²) in [6.07, 6.45) is 4.86. The Kier molecular flexibility index (Phi) is 3.97. The Bertz CT molecular complexity index is 302. The summed E-state index contributed by atoms with van der Waals surface area (Å²) >= 11 is 0. The van der Waals surface area contributed by atoms with Crippen molar-refractivity contribution in [3.05, 3.63) is 35.9 Å². The number of benzene rings is 1. The molecule has 1 saturated carbocycles. The predicted molar refractivity (Wildman–Crippen MR) is 68.2 cm³/mol. The molecule has 1 aliphatic carbocycles. The van der Waals surface area contributed by atoms with Crippen LogP contribution >= 0.6 is 0 Å². The zero-order chi connectivity index (χ0) is 11.4. The molecule has 1 aromatic rings. The van der Waals surface area contributed by atoms with Gasteiger partial charge >= 0.3 is 0 Å². The van der Waals surface area contributed by atoms with E-state index >= 15 is 0 Å². The minimum absolute atomic E-state index is 0.435. The van der Waals surface area contributed by atoms with Gasteiger partial charge in [0.05, 0.1) is 0 Å². The van der Waals surface area contributed by atoms with Gasteiger partial charge in [0.25, 0.3) is 0 Å². The molecule has 0 bridgehead atoms. The summed E-state index contributed by atoms with van der Waals surface area (Å²) in [4.78, 5) is 0. The highest BCUT2D eigenvalue weighted by atomic mass is 14.9. The lowest BCUT2D eigenvalue weighted by Crippen LogP contribution is -2.33. The first-order chi connectivity index (χ1) is 7.81. The molecule has 2 rings (SSSR count). The fourth-order valence-corrected chi connectivity index (χ4v) is 2.81. The molecular weight excluding hydrogens is 196 g/mol. The second kappa shape index (κ2) is 5.46. The van der Waals surface area contributed by atoms with Crippen molar-refractivity contribution in [2.45, 2.75) is 37.8 Å². The van der Waals surface area contributed by atoms with Crippen LogP contribution in [0.3, 0.4) is 0 Å². The van der Waals surface area contributed by atoms with Gasteiger partial charge in [0.2, 0.25) is 0 Å². The third-order valence-corrected chi connectivity index (χ3v) is 3.76. The van der Waals surface area contributed by atoms with Crippen molar-refractivity contribution >= 4 is 0 Å². The van der Waals surface area contributed by atoms with Crippen molar-refractivity contribution in [2.75, 3.05) is 7.05 Å². The molecular formula is C14H22N2. The van der Waals surface area contributed by atoms with Crippen LogP contribution in [0.4, 0.5) is 0 Å². The van der Waals surface area contributed by atoms with Crippen LogP contribution in [0.5, 0.6) is 0 Å². The van der Waals surface area contributed by atoms with Gasteiger partial charge in [-0.15, -0.1) is 0 Å². The summed E-state index contributed by atoms with van der Waals surface area (Å²) in [7, 11) is 2.06. The lowest BCUT2D eigenvalue weighted by atomic mass is 9.79. The average molecular weight is 218 g/mol. The standard InChI is InChI=1S/C14H22N2/c1-16-14(11-5-3-2-4-6-11)12-7-9-13(15)10-8-12/h2-6,12-14,16H,7-10,15H2,1H3. The number of hydrogen-bond acceptors (Lipinski definition) is 2. The van der Waals surface area contributed by atoms with E-state index in [4.69, 9.17) is 5.73 Å². The Morgan fingerprint density at radius 2 is 1.75 bits per heavy atom. The minimum Gasteiger partial charge on any atom is -0.328 e. The fourth-order valence-electron chi connectivity index (χ4n) is 2.81. The van der Waals surface area contributed by atoms with E-state index in [1.807, 2.05) is 0 Å². The lowest BCUT2D eigenvalue weighted by molar-refractivity contribution is 0.262. The molecule has 0 amide bonds. The molecule has 88 valence electrons. The number of nitrogens with one attached hydrogen (secondary N) is 1. The van der Waals surface area contributed by atoms with Crippen molar-refractivity contribution in [1.82, 2.24) is 5.32 Å². The highest BCUT2D eigenvalue weighted by Crippen LogP contribution is 2.33. The van der Waals surface area contributed by atoms with Crippen molar-refractivity contribution in [3.8, 4) is 0 Å². The first-order valence-electron chi connectivity index (χ1n) is 6.29. The maximum absolute atomic E-state index is 5.96. The second-order valence-electron chi connectivity index (χ2n) is 4.85. The molecule has 1 fully saturated rings. The lowest BCUT2D eigenvalue weighted by Gasteiger charge is -2.32. The largest absolute Gasteiger partial charge is 0.328 e. The van der Waals surface area contributed by atoms with E-state index in [-0.39, 0.29) is 0 Å². The fraction of sp³-hybridized carbons (Fsp3) is 0.571. The van der Waals surface area contributed by atoms with Gasteiger partial charge in [0, 0.05) is 12.1 Å². The molecule has 1 aliphatic rings. The van der Waals surface area contributed by atoms with Crippen LogP contribution in [-0.4, -0.2) is 13.1 Å². The van der Waals surface area contributed by atoms with Crippen molar-refractivity contribution < 1.29 is 0 Å². The highest BCUT2D eigenvalue weighted by molar-refractivity contribution is 5.19. The first kappa shape index (κ1) is 11.6. The Hall–Kier alpha value is -0.860. The van der Waals surface area contributed by atoms with Crippen LogP contribution in [0.2, 0.25) is 0 Å². The van der Waals surface area contributed by atoms with E-state index in [1.165, 1.54) is 31.2 Å². The van der Waals surface area contributed by atoms with E-state index in [9.17, 15) is 0 Å². The maximum Gasteiger partial charge on any atom is 0.0346 e. The van der Waals surface area contributed by atoms with Crippen LogP contribution < -0.4 is 11.1 Å². The van der Waals surface area contributed by atoms with E-state index in [2.05, 4.69) is 42.7 Å². The molecule has 1 atom stereocenters. The van der Waals surface area contributed by atoms with E-state index in [1.54, 1.807) is 0 Å². The molecule has 3 N–H and O–H groups in total. The average Bonchev–Trinajstić information content (AvgIpc) is 2.34. The minimum atomic E-state index is 0.435. The van der Waals surface area contributed by atoms with Gasteiger partial charge in [0.1, 0.15) is 0 Å². The third-order valence-electron chi connectivity index (χ3n) is 3.76. The van der Waals surface area contributed by atoms with E-state index in [0.717, 1.165) is 5.92 Å². The maximum atomic E-state index is 5.96. The summed E-state index contributed by atoms with van der Waals surface area (Å²) < 4.78 is 0. The Labute approximate surface area is 98.2 Å². The van der Waals surface area contributed by atoms with Gasteiger partial charge in [-0.3, -0.25) is 0 Å². The van der Waals surface area contributed by atoms with Gasteiger partial charge in [-0.2, -0.15) is 0 Å². The van der Waals surface area contributed by atoms with Gasteiger partial charge in [-0.1, -0.05) is 30.3 Å². The molecule has 0 aliphatic heterocycles. The molecule has 0 saturated heterocycles. The first-order valence-corrected chi connectivity index (χ1v) is 6.29. The molecule has 1 unspecified atom stereocenters. The summed E-state index contributed by atoms with van der Waals surface area (Å²) in [5.41, 5.74) is 7.36. The van der Waals surface area contributed by atoms with Crippen LogP contribution in [0.1, 0.15) is 37.3 Å². The van der Waals surface area contributed by atoms with E-state index < -0.39 is 0 Å². The summed E-state index contributed by atoms with van der Waals surface area (Å²) in [5.74, 6) is 0.743. The summed E-state index contributed by atoms with van der Waals surface area (Å²) in [6.45, 7) is 0. The highest BCUT2D eigenvalue weighted by Gasteiger charge is 2.25. The van der Waals surface area contributed by atoms with Gasteiger partial charge in [-0.25, -0.2) is 0 Å². The molecule has 0 heterocycles. The van der Waals surface area contributed by atoms with Gasteiger partial charge < -0.3 is 11.1 Å². The third kappa shape index (κ3) is 2.63. The van der Waals surface area contributed by atoms with Crippen molar-refractivity contribution in [3.63, 3.8) is 0 Å². The molecule has 2 heteroatoms. The second-order valence-corrected chi connectivity index (χ2v) is 4.85. The number of nitrogens with two attached hydrogens (primary N) is 1. The molecule has 0 spiro atoms. The molecule has 0 radical (unpaired) electrons. The topological polar surface area (TPSA) is 38.0 Å². The summed E-state index contributed by atoms with van der Waals surface area (Å²) in [5, 5.41) is 3.46. The number of rotatable bonds is 3. The van der Waals surface area contributed by atoms with Crippen molar-refractivity contribution in [1.29, 1.82) is 0 Å². The van der Waals surface area contributed by atoms with E-state index in [0.29, 0.717) is 12.1 Å². The van der Waals surface area contributed by atoms with Crippen LogP contribution in [-0.2, 0) is 0 Å². The normalized spacial score (nSPS) is 27.6. The molecule has 0 aromatic heterocycles.